The van der Waals surface area contributed by atoms with E-state index in [9.17, 15) is 13.2 Å². The molecule has 0 aliphatic rings. The number of anilines is 1. The summed E-state index contributed by atoms with van der Waals surface area (Å²) in [6.07, 6.45) is 0.807. The number of hydrogen-bond acceptors (Lipinski definition) is 3. The summed E-state index contributed by atoms with van der Waals surface area (Å²) in [5, 5.41) is 3.18. The zero-order valence-corrected chi connectivity index (χ0v) is 15.1. The summed E-state index contributed by atoms with van der Waals surface area (Å²) in [5.41, 5.74) is 0.757. The van der Waals surface area contributed by atoms with E-state index in [1.165, 1.54) is 19.2 Å². The lowest BCUT2D eigenvalue weighted by Gasteiger charge is -2.20. The van der Waals surface area contributed by atoms with Gasteiger partial charge in [0.1, 0.15) is 0 Å². The third kappa shape index (κ3) is 4.07. The van der Waals surface area contributed by atoms with E-state index in [0.717, 1.165) is 10.7 Å². The lowest BCUT2D eigenvalue weighted by molar-refractivity contribution is 0.0953. The van der Waals surface area contributed by atoms with Crippen molar-refractivity contribution >= 4 is 33.2 Å². The van der Waals surface area contributed by atoms with Gasteiger partial charge in [0.05, 0.1) is 10.6 Å². The third-order valence-electron chi connectivity index (χ3n) is 3.46. The highest BCUT2D eigenvalue weighted by Gasteiger charge is 2.22. The second-order valence-electron chi connectivity index (χ2n) is 5.24. The van der Waals surface area contributed by atoms with Crippen LogP contribution in [0.5, 0.6) is 0 Å². The Morgan fingerprint density at radius 1 is 1.17 bits per heavy atom. The van der Waals surface area contributed by atoms with E-state index in [1.54, 1.807) is 36.4 Å². The summed E-state index contributed by atoms with van der Waals surface area (Å²) in [4.78, 5) is 12.1. The molecule has 0 aliphatic heterocycles. The third-order valence-corrected chi connectivity index (χ3v) is 5.48. The fourth-order valence-corrected chi connectivity index (χ4v) is 3.53. The van der Waals surface area contributed by atoms with Crippen LogP contribution in [0.25, 0.3) is 0 Å². The quantitative estimate of drug-likeness (QED) is 0.852. The molecule has 0 unspecified atom stereocenters. The molecule has 24 heavy (non-hydrogen) atoms. The van der Waals surface area contributed by atoms with Gasteiger partial charge in [-0.15, -0.1) is 0 Å². The first-order chi connectivity index (χ1) is 11.4. The maximum Gasteiger partial charge on any atom is 0.264 e. The minimum Gasteiger partial charge on any atom is -0.352 e. The number of halogens is 1. The van der Waals surface area contributed by atoms with Crippen LogP contribution in [0.15, 0.2) is 53.4 Å². The van der Waals surface area contributed by atoms with Crippen LogP contribution in [0.4, 0.5) is 5.69 Å². The minimum atomic E-state index is -3.79. The maximum absolute atomic E-state index is 12.8. The second-order valence-corrected chi connectivity index (χ2v) is 7.64. The summed E-state index contributed by atoms with van der Waals surface area (Å²) in [6, 6.07) is 12.6. The zero-order valence-electron chi connectivity index (χ0n) is 13.5. The summed E-state index contributed by atoms with van der Waals surface area (Å²) >= 11 is 5.93. The number of amides is 1. The molecule has 0 aliphatic carbocycles. The minimum absolute atomic E-state index is 0.0501. The zero-order chi connectivity index (χ0) is 17.7. The standard InChI is InChI=1S/C17H19ClN2O3S/c1-3-10-19-17(21)13-6-4-9-16(11-13)24(22,23)20(2)15-8-5-7-14(18)12-15/h4-9,11-12H,3,10H2,1-2H3,(H,19,21). The number of carbonyl (C=O) groups excluding carboxylic acids is 1. The molecule has 0 radical (unpaired) electrons. The maximum atomic E-state index is 12.8. The molecule has 128 valence electrons. The molecular formula is C17H19ClN2O3S. The first-order valence-electron chi connectivity index (χ1n) is 7.49. The van der Waals surface area contributed by atoms with Crippen molar-refractivity contribution < 1.29 is 13.2 Å². The van der Waals surface area contributed by atoms with Gasteiger partial charge in [-0.25, -0.2) is 8.42 Å². The van der Waals surface area contributed by atoms with Gasteiger partial charge >= 0.3 is 0 Å². The molecule has 2 rings (SSSR count). The van der Waals surface area contributed by atoms with Crippen LogP contribution in [0.2, 0.25) is 5.02 Å². The first kappa shape index (κ1) is 18.3. The average Bonchev–Trinajstić information content (AvgIpc) is 2.59. The molecule has 0 saturated carbocycles. The second kappa shape index (κ2) is 7.68. The number of benzene rings is 2. The van der Waals surface area contributed by atoms with Crippen LogP contribution in [0.1, 0.15) is 23.7 Å². The topological polar surface area (TPSA) is 66.5 Å². The van der Waals surface area contributed by atoms with E-state index >= 15 is 0 Å². The monoisotopic (exact) mass is 366 g/mol. The number of nitrogens with zero attached hydrogens (tertiary/aromatic N) is 1. The SMILES string of the molecule is CCCNC(=O)c1cccc(S(=O)(=O)N(C)c2cccc(Cl)c2)c1. The van der Waals surface area contributed by atoms with Crippen molar-refractivity contribution in [2.24, 2.45) is 0 Å². The van der Waals surface area contributed by atoms with Crippen molar-refractivity contribution in [2.75, 3.05) is 17.9 Å². The average molecular weight is 367 g/mol. The highest BCUT2D eigenvalue weighted by atomic mass is 35.5. The molecule has 2 aromatic carbocycles. The van der Waals surface area contributed by atoms with E-state index in [2.05, 4.69) is 5.32 Å². The van der Waals surface area contributed by atoms with Crippen LogP contribution in [0, 0.1) is 0 Å². The van der Waals surface area contributed by atoms with Crippen molar-refractivity contribution in [3.05, 3.63) is 59.1 Å². The van der Waals surface area contributed by atoms with E-state index in [0.29, 0.717) is 22.8 Å². The van der Waals surface area contributed by atoms with E-state index in [-0.39, 0.29) is 10.8 Å². The van der Waals surface area contributed by atoms with Gasteiger partial charge in [-0.3, -0.25) is 9.10 Å². The summed E-state index contributed by atoms with van der Waals surface area (Å²) in [5.74, 6) is -0.292. The number of nitrogens with one attached hydrogen (secondary N) is 1. The fourth-order valence-electron chi connectivity index (χ4n) is 2.11. The van der Waals surface area contributed by atoms with Gasteiger partial charge in [0.2, 0.25) is 0 Å². The Labute approximate surface area is 147 Å². The largest absolute Gasteiger partial charge is 0.352 e. The molecule has 5 nitrogen and oxygen atoms in total. The highest BCUT2D eigenvalue weighted by molar-refractivity contribution is 7.92. The van der Waals surface area contributed by atoms with Gasteiger partial charge in [0, 0.05) is 24.2 Å². The van der Waals surface area contributed by atoms with Gasteiger partial charge in [0.15, 0.2) is 0 Å². The Balaban J connectivity index is 2.34. The van der Waals surface area contributed by atoms with Gasteiger partial charge < -0.3 is 5.32 Å². The molecule has 0 fully saturated rings. The molecule has 1 amide bonds. The lowest BCUT2D eigenvalue weighted by Crippen LogP contribution is -2.27. The van der Waals surface area contributed by atoms with E-state index in [4.69, 9.17) is 11.6 Å². The fraction of sp³-hybridized carbons (Fsp3) is 0.235. The van der Waals surface area contributed by atoms with E-state index in [1.807, 2.05) is 6.92 Å². The number of rotatable bonds is 6. The molecule has 0 saturated heterocycles. The molecule has 7 heteroatoms. The Kier molecular flexibility index (Phi) is 5.85. The molecular weight excluding hydrogens is 348 g/mol. The normalized spacial score (nSPS) is 11.1. The first-order valence-corrected chi connectivity index (χ1v) is 9.31. The predicted molar refractivity (Wildman–Crippen MR) is 96.1 cm³/mol. The smallest absolute Gasteiger partial charge is 0.264 e. The molecule has 0 atom stereocenters. The Hall–Kier alpha value is -2.05. The van der Waals surface area contributed by atoms with Crippen molar-refractivity contribution in [1.82, 2.24) is 5.32 Å². The van der Waals surface area contributed by atoms with Gasteiger partial charge in [-0.05, 0) is 42.8 Å². The van der Waals surface area contributed by atoms with Crippen LogP contribution in [0.3, 0.4) is 0 Å². The van der Waals surface area contributed by atoms with Crippen LogP contribution in [-0.2, 0) is 10.0 Å². The molecule has 0 heterocycles. The Bertz CT molecular complexity index is 837. The molecule has 0 bridgehead atoms. The number of carbonyl (C=O) groups is 1. The summed E-state index contributed by atoms with van der Waals surface area (Å²) < 4.78 is 26.7. The Morgan fingerprint density at radius 2 is 1.88 bits per heavy atom. The van der Waals surface area contributed by atoms with Gasteiger partial charge in [-0.2, -0.15) is 0 Å². The van der Waals surface area contributed by atoms with E-state index < -0.39 is 10.0 Å². The summed E-state index contributed by atoms with van der Waals surface area (Å²) in [6.45, 7) is 2.49. The van der Waals surface area contributed by atoms with Crippen molar-refractivity contribution in [1.29, 1.82) is 0 Å². The van der Waals surface area contributed by atoms with Gasteiger partial charge in [-0.1, -0.05) is 30.7 Å². The molecule has 1 N–H and O–H groups in total. The van der Waals surface area contributed by atoms with Crippen molar-refractivity contribution in [3.63, 3.8) is 0 Å². The van der Waals surface area contributed by atoms with Gasteiger partial charge in [0.25, 0.3) is 15.9 Å². The Morgan fingerprint density at radius 3 is 2.54 bits per heavy atom. The lowest BCUT2D eigenvalue weighted by atomic mass is 10.2. The van der Waals surface area contributed by atoms with Crippen molar-refractivity contribution in [3.8, 4) is 0 Å². The number of sulfonamides is 1. The van der Waals surface area contributed by atoms with Crippen LogP contribution in [-0.4, -0.2) is 27.9 Å². The predicted octanol–water partition coefficient (Wildman–Crippen LogP) is 3.30. The summed E-state index contributed by atoms with van der Waals surface area (Å²) in [7, 11) is -2.34. The van der Waals surface area contributed by atoms with Crippen LogP contribution < -0.4 is 9.62 Å². The molecule has 2 aromatic rings. The molecule has 0 spiro atoms. The number of hydrogen-bond donors (Lipinski definition) is 1. The van der Waals surface area contributed by atoms with Crippen molar-refractivity contribution in [2.45, 2.75) is 18.2 Å². The highest BCUT2D eigenvalue weighted by Crippen LogP contribution is 2.25. The van der Waals surface area contributed by atoms with Crippen LogP contribution >= 0.6 is 11.6 Å². The molecule has 0 aromatic heterocycles.